The molecule has 0 amide bonds. The third-order valence-corrected chi connectivity index (χ3v) is 7.15. The zero-order chi connectivity index (χ0) is 18.2. The highest BCUT2D eigenvalue weighted by molar-refractivity contribution is 5.26. The first-order valence-corrected chi connectivity index (χ1v) is 11.1. The fourth-order valence-electron chi connectivity index (χ4n) is 5.51. The molecule has 26 heavy (non-hydrogen) atoms. The van der Waals surface area contributed by atoms with E-state index in [0.717, 1.165) is 30.1 Å². The first kappa shape index (κ1) is 19.6. The predicted octanol–water partition coefficient (Wildman–Crippen LogP) is 7.98. The first-order chi connectivity index (χ1) is 12.8. The van der Waals surface area contributed by atoms with Crippen LogP contribution in [0.5, 0.6) is 0 Å². The van der Waals surface area contributed by atoms with Gasteiger partial charge >= 0.3 is 0 Å². The number of hydrogen-bond acceptors (Lipinski definition) is 0. The predicted molar refractivity (Wildman–Crippen MR) is 110 cm³/mol. The molecule has 0 bridgehead atoms. The maximum Gasteiger partial charge on any atom is 0.0827 e. The number of rotatable bonds is 7. The molecular weight excluding hydrogens is 319 g/mol. The zero-order valence-corrected chi connectivity index (χ0v) is 16.6. The van der Waals surface area contributed by atoms with E-state index in [4.69, 9.17) is 0 Å². The molecule has 3 rings (SSSR count). The van der Waals surface area contributed by atoms with Crippen LogP contribution in [0, 0.1) is 17.8 Å². The van der Waals surface area contributed by atoms with Gasteiger partial charge in [-0.25, -0.2) is 4.39 Å². The van der Waals surface area contributed by atoms with Gasteiger partial charge in [0.05, 0.1) is 6.33 Å². The Balaban J connectivity index is 1.41. The summed E-state index contributed by atoms with van der Waals surface area (Å²) in [5.41, 5.74) is 3.07. The van der Waals surface area contributed by atoms with Crippen molar-refractivity contribution in [3.63, 3.8) is 0 Å². The van der Waals surface area contributed by atoms with Crippen molar-refractivity contribution in [2.24, 2.45) is 17.8 Å². The van der Waals surface area contributed by atoms with Crippen LogP contribution >= 0.6 is 0 Å². The molecule has 2 fully saturated rings. The third kappa shape index (κ3) is 5.44. The van der Waals surface area contributed by atoms with Gasteiger partial charge in [0.2, 0.25) is 0 Å². The normalized spacial score (nSPS) is 29.9. The van der Waals surface area contributed by atoms with E-state index in [9.17, 15) is 4.39 Å². The molecule has 1 heteroatoms. The number of allylic oxidation sites excluding steroid dienone is 1. The van der Waals surface area contributed by atoms with Crippen LogP contribution < -0.4 is 0 Å². The maximum atomic E-state index is 12.1. The topological polar surface area (TPSA) is 0 Å². The van der Waals surface area contributed by atoms with Crippen LogP contribution in [0.25, 0.3) is 0 Å². The Bertz CT molecular complexity index is 528. The smallest absolute Gasteiger partial charge is 0.0827 e. The highest BCUT2D eigenvalue weighted by Gasteiger charge is 2.31. The second-order valence-electron chi connectivity index (χ2n) is 8.82. The Morgan fingerprint density at radius 1 is 0.885 bits per heavy atom. The van der Waals surface area contributed by atoms with Gasteiger partial charge < -0.3 is 0 Å². The van der Waals surface area contributed by atoms with E-state index in [-0.39, 0.29) is 0 Å². The quantitative estimate of drug-likeness (QED) is 0.464. The molecule has 0 nitrogen and oxygen atoms in total. The molecule has 2 aliphatic rings. The third-order valence-electron chi connectivity index (χ3n) is 7.15. The van der Waals surface area contributed by atoms with Crippen LogP contribution in [0.15, 0.2) is 36.7 Å². The van der Waals surface area contributed by atoms with Gasteiger partial charge in [-0.3, -0.25) is 0 Å². The number of aryl methyl sites for hydroxylation is 1. The minimum Gasteiger partial charge on any atom is -0.216 e. The van der Waals surface area contributed by atoms with E-state index in [1.54, 1.807) is 11.6 Å². The fourth-order valence-corrected chi connectivity index (χ4v) is 5.51. The molecule has 2 aliphatic carbocycles. The van der Waals surface area contributed by atoms with Gasteiger partial charge in [-0.2, -0.15) is 0 Å². The molecule has 0 aliphatic heterocycles. The monoisotopic (exact) mass is 356 g/mol. The highest BCUT2D eigenvalue weighted by Crippen LogP contribution is 2.44. The number of halogens is 1. The van der Waals surface area contributed by atoms with E-state index < -0.39 is 0 Å². The van der Waals surface area contributed by atoms with Gasteiger partial charge in [-0.15, -0.1) is 0 Å². The molecule has 1 aromatic rings. The van der Waals surface area contributed by atoms with Crippen molar-refractivity contribution in [1.82, 2.24) is 0 Å². The lowest BCUT2D eigenvalue weighted by molar-refractivity contribution is 0.157. The standard InChI is InChI=1S/C25H37F/c1-2-5-20-7-11-22(12-8-20)24-15-17-25(18-16-24)23-13-9-21(10-14-23)6-3-4-19-26/h4,7-8,11-12,19,21,23-25H,2-3,5-6,9-10,13-18H2,1H3. The first-order valence-electron chi connectivity index (χ1n) is 11.1. The van der Waals surface area contributed by atoms with Crippen molar-refractivity contribution in [2.75, 3.05) is 0 Å². The summed E-state index contributed by atoms with van der Waals surface area (Å²) >= 11 is 0. The summed E-state index contributed by atoms with van der Waals surface area (Å²) < 4.78 is 12.1. The van der Waals surface area contributed by atoms with Crippen molar-refractivity contribution in [2.45, 2.75) is 89.9 Å². The van der Waals surface area contributed by atoms with E-state index in [2.05, 4.69) is 31.2 Å². The summed E-state index contributed by atoms with van der Waals surface area (Å²) in [7, 11) is 0. The second kappa shape index (κ2) is 10.3. The summed E-state index contributed by atoms with van der Waals surface area (Å²) in [5, 5.41) is 0. The van der Waals surface area contributed by atoms with E-state index in [0.29, 0.717) is 6.33 Å². The van der Waals surface area contributed by atoms with Gasteiger partial charge in [0.25, 0.3) is 0 Å². The molecule has 0 N–H and O–H groups in total. The van der Waals surface area contributed by atoms with Crippen molar-refractivity contribution in [1.29, 1.82) is 0 Å². The average Bonchev–Trinajstić information content (AvgIpc) is 2.70. The van der Waals surface area contributed by atoms with E-state index >= 15 is 0 Å². The SMILES string of the molecule is CCCc1ccc(C2CCC(C3CCC(CCC=CF)CC3)CC2)cc1. The summed E-state index contributed by atoms with van der Waals surface area (Å²) in [5.74, 6) is 3.58. The molecule has 0 spiro atoms. The Hall–Kier alpha value is -1.11. The lowest BCUT2D eigenvalue weighted by Gasteiger charge is -2.38. The summed E-state index contributed by atoms with van der Waals surface area (Å²) in [4.78, 5) is 0. The Labute approximate surface area is 160 Å². The number of benzene rings is 1. The summed E-state index contributed by atoms with van der Waals surface area (Å²) in [6.07, 6.45) is 18.2. The minimum atomic E-state index is 0.710. The van der Waals surface area contributed by atoms with Crippen LogP contribution in [0.4, 0.5) is 4.39 Å². The molecule has 0 aromatic heterocycles. The van der Waals surface area contributed by atoms with Gasteiger partial charge in [-0.1, -0.05) is 56.5 Å². The lowest BCUT2D eigenvalue weighted by atomic mass is 9.68. The zero-order valence-electron chi connectivity index (χ0n) is 16.6. The van der Waals surface area contributed by atoms with Gasteiger partial charge in [-0.05, 0) is 92.6 Å². The molecular formula is C25H37F. The summed E-state index contributed by atoms with van der Waals surface area (Å²) in [6.45, 7) is 2.25. The largest absolute Gasteiger partial charge is 0.216 e. The molecule has 0 heterocycles. The van der Waals surface area contributed by atoms with Crippen LogP contribution in [0.3, 0.4) is 0 Å². The Kier molecular flexibility index (Phi) is 7.77. The minimum absolute atomic E-state index is 0.710. The van der Waals surface area contributed by atoms with Crippen molar-refractivity contribution in [3.8, 4) is 0 Å². The number of hydrogen-bond donors (Lipinski definition) is 0. The Morgan fingerprint density at radius 3 is 2.08 bits per heavy atom. The molecule has 1 aromatic carbocycles. The maximum absolute atomic E-state index is 12.1. The molecule has 2 saturated carbocycles. The van der Waals surface area contributed by atoms with Crippen molar-refractivity contribution >= 4 is 0 Å². The lowest BCUT2D eigenvalue weighted by Crippen LogP contribution is -2.25. The van der Waals surface area contributed by atoms with Crippen LogP contribution in [-0.2, 0) is 6.42 Å². The molecule has 144 valence electrons. The molecule has 0 unspecified atom stereocenters. The van der Waals surface area contributed by atoms with Crippen LogP contribution in [-0.4, -0.2) is 0 Å². The highest BCUT2D eigenvalue weighted by atomic mass is 19.1. The molecule has 0 atom stereocenters. The van der Waals surface area contributed by atoms with Gasteiger partial charge in [0, 0.05) is 0 Å². The second-order valence-corrected chi connectivity index (χ2v) is 8.82. The Morgan fingerprint density at radius 2 is 1.50 bits per heavy atom. The van der Waals surface area contributed by atoms with E-state index in [1.807, 2.05) is 0 Å². The molecule has 0 radical (unpaired) electrons. The van der Waals surface area contributed by atoms with E-state index in [1.165, 1.54) is 76.2 Å². The van der Waals surface area contributed by atoms with Crippen molar-refractivity contribution < 1.29 is 4.39 Å². The van der Waals surface area contributed by atoms with Crippen molar-refractivity contribution in [3.05, 3.63) is 47.8 Å². The van der Waals surface area contributed by atoms with Crippen LogP contribution in [0.1, 0.15) is 94.6 Å². The summed E-state index contributed by atoms with van der Waals surface area (Å²) in [6, 6.07) is 9.49. The van der Waals surface area contributed by atoms with Gasteiger partial charge in [0.1, 0.15) is 0 Å². The average molecular weight is 357 g/mol. The van der Waals surface area contributed by atoms with Gasteiger partial charge in [0.15, 0.2) is 0 Å². The fraction of sp³-hybridized carbons (Fsp3) is 0.680. The van der Waals surface area contributed by atoms with Crippen LogP contribution in [0.2, 0.25) is 0 Å². The molecule has 0 saturated heterocycles.